The minimum Gasteiger partial charge on any atom is -0.484 e. The molecule has 1 aromatic heterocycles. The Kier molecular flexibility index (Phi) is 8.97. The van der Waals surface area contributed by atoms with Crippen LogP contribution in [0, 0.1) is 5.41 Å². The van der Waals surface area contributed by atoms with E-state index in [-0.39, 0.29) is 29.0 Å². The third-order valence-electron chi connectivity index (χ3n) is 5.18. The van der Waals surface area contributed by atoms with E-state index in [1.807, 2.05) is 6.92 Å². The number of aliphatic imine (C=N–C) groups is 1. The highest BCUT2D eigenvalue weighted by atomic mass is 35.5. The lowest BCUT2D eigenvalue weighted by molar-refractivity contribution is 0.100. The molecule has 38 heavy (non-hydrogen) atoms. The molecule has 1 amide bonds. The van der Waals surface area contributed by atoms with Crippen LogP contribution in [0.5, 0.6) is 5.75 Å². The number of aromatic nitrogens is 2. The third kappa shape index (κ3) is 6.49. The lowest BCUT2D eigenvalue weighted by Crippen LogP contribution is -2.14. The van der Waals surface area contributed by atoms with Crippen molar-refractivity contribution in [3.8, 4) is 17.0 Å². The average Bonchev–Trinajstić information content (AvgIpc) is 3.13. The molecule has 0 bridgehead atoms. The number of rotatable bonds is 10. The van der Waals surface area contributed by atoms with E-state index in [4.69, 9.17) is 27.5 Å². The standard InChI is InChI=1S/C23H20BClF2N7O2S2/c1-12(13-2-5-15(25)6-3-13)36-17-10-14(4-7-16(17)33-37-23(26)27)20-19(21(29)35)22-31-18(30-9-8-28)11-24-38-34(22)32-20/h2-12,23,28,31,33H,1H3,(H2,29,35). The van der Waals surface area contributed by atoms with Crippen LogP contribution in [0.4, 0.5) is 20.3 Å². The van der Waals surface area contributed by atoms with Gasteiger partial charge < -0.3 is 25.9 Å². The van der Waals surface area contributed by atoms with Crippen molar-refractivity contribution >= 4 is 71.7 Å². The molecule has 2 aromatic carbocycles. The number of primary amides is 1. The van der Waals surface area contributed by atoms with Crippen LogP contribution in [-0.4, -0.2) is 39.8 Å². The molecule has 4 rings (SSSR count). The molecule has 1 unspecified atom stereocenters. The van der Waals surface area contributed by atoms with Crippen molar-refractivity contribution in [1.82, 2.24) is 9.19 Å². The van der Waals surface area contributed by atoms with E-state index >= 15 is 0 Å². The van der Waals surface area contributed by atoms with Gasteiger partial charge in [0.1, 0.15) is 28.9 Å². The summed E-state index contributed by atoms with van der Waals surface area (Å²) in [6.45, 7) is 3.52. The molecule has 1 radical (unpaired) electrons. The maximum atomic E-state index is 12.9. The fourth-order valence-electron chi connectivity index (χ4n) is 3.48. The summed E-state index contributed by atoms with van der Waals surface area (Å²) in [6, 6.07) is 11.9. The average molecular weight is 575 g/mol. The summed E-state index contributed by atoms with van der Waals surface area (Å²) in [5.74, 6) is -0.794. The molecule has 0 fully saturated rings. The molecule has 195 valence electrons. The molecular weight excluding hydrogens is 555 g/mol. The zero-order valence-corrected chi connectivity index (χ0v) is 22.1. The van der Waals surface area contributed by atoms with E-state index in [0.29, 0.717) is 27.9 Å². The molecule has 9 nitrogen and oxygen atoms in total. The Morgan fingerprint density at radius 3 is 2.82 bits per heavy atom. The molecule has 15 heteroatoms. The lowest BCUT2D eigenvalue weighted by atomic mass is 10.1. The fourth-order valence-corrected chi connectivity index (χ4v) is 4.67. The fraction of sp³-hybridized carbons (Fsp3) is 0.130. The van der Waals surface area contributed by atoms with Crippen LogP contribution in [0.1, 0.15) is 28.9 Å². The van der Waals surface area contributed by atoms with Crippen molar-refractivity contribution in [2.24, 2.45) is 10.7 Å². The van der Waals surface area contributed by atoms with Gasteiger partial charge in [-0.3, -0.25) is 4.79 Å². The van der Waals surface area contributed by atoms with Gasteiger partial charge in [-0.05, 0) is 36.8 Å². The second-order valence-electron chi connectivity index (χ2n) is 7.68. The highest BCUT2D eigenvalue weighted by molar-refractivity contribution is 8.21. The van der Waals surface area contributed by atoms with Crippen molar-refractivity contribution in [3.63, 3.8) is 0 Å². The summed E-state index contributed by atoms with van der Waals surface area (Å²) >= 11 is 7.41. The summed E-state index contributed by atoms with van der Waals surface area (Å²) in [7, 11) is 0. The first-order valence-corrected chi connectivity index (χ1v) is 13.1. The molecule has 5 N–H and O–H groups in total. The summed E-state index contributed by atoms with van der Waals surface area (Å²) in [5.41, 5.74) is 7.71. The molecule has 1 aliphatic rings. The summed E-state index contributed by atoms with van der Waals surface area (Å²) in [4.78, 5) is 16.7. The van der Waals surface area contributed by atoms with Gasteiger partial charge in [0.25, 0.3) is 12.5 Å². The second kappa shape index (κ2) is 12.4. The smallest absolute Gasteiger partial charge is 0.302 e. The number of carbonyl (C=O) groups excluding carboxylic acids is 1. The molecular formula is C23H20BClF2N7O2S2. The molecule has 0 spiro atoms. The maximum Gasteiger partial charge on any atom is 0.302 e. The number of benzene rings is 2. The predicted octanol–water partition coefficient (Wildman–Crippen LogP) is 5.79. The van der Waals surface area contributed by atoms with Crippen LogP contribution < -0.4 is 20.5 Å². The van der Waals surface area contributed by atoms with Gasteiger partial charge in [-0.15, -0.1) is 0 Å². The van der Waals surface area contributed by atoms with Crippen LogP contribution >= 0.6 is 35.3 Å². The van der Waals surface area contributed by atoms with Gasteiger partial charge in [0.05, 0.1) is 5.69 Å². The molecule has 0 saturated carbocycles. The Morgan fingerprint density at radius 2 is 2.13 bits per heavy atom. The summed E-state index contributed by atoms with van der Waals surface area (Å²) < 4.78 is 36.1. The van der Waals surface area contributed by atoms with Crippen molar-refractivity contribution in [1.29, 1.82) is 5.41 Å². The Balaban J connectivity index is 1.75. The van der Waals surface area contributed by atoms with E-state index in [0.717, 1.165) is 11.8 Å². The lowest BCUT2D eigenvalue weighted by Gasteiger charge is -2.19. The normalized spacial score (nSPS) is 13.7. The Morgan fingerprint density at radius 1 is 1.37 bits per heavy atom. The first kappa shape index (κ1) is 27.5. The predicted molar refractivity (Wildman–Crippen MR) is 152 cm³/mol. The maximum absolute atomic E-state index is 12.9. The highest BCUT2D eigenvalue weighted by Gasteiger charge is 2.26. The van der Waals surface area contributed by atoms with Crippen LogP contribution in [0.15, 0.2) is 59.3 Å². The van der Waals surface area contributed by atoms with Gasteiger partial charge in [0.15, 0.2) is 5.82 Å². The first-order valence-electron chi connectivity index (χ1n) is 11.0. The SMILES string of the molecule is CC(Oc1cc(-c2nn3c(c2C(N)=O)NC(N=CC=N)=C[B]S3)ccc1NSC(F)F)c1ccc(Cl)cc1. The Labute approximate surface area is 231 Å². The van der Waals surface area contributed by atoms with Crippen molar-refractivity contribution < 1.29 is 18.3 Å². The van der Waals surface area contributed by atoms with Crippen molar-refractivity contribution in [3.05, 3.63) is 70.4 Å². The van der Waals surface area contributed by atoms with Gasteiger partial charge in [0, 0.05) is 35.0 Å². The molecule has 0 saturated heterocycles. The van der Waals surface area contributed by atoms with Gasteiger partial charge in [0.2, 0.25) is 0 Å². The quantitative estimate of drug-likeness (QED) is 0.137. The number of hydrogen-bond donors (Lipinski definition) is 4. The number of anilines is 2. The number of nitrogens with two attached hydrogens (primary N) is 1. The van der Waals surface area contributed by atoms with E-state index < -0.39 is 17.8 Å². The van der Waals surface area contributed by atoms with Crippen LogP contribution in [-0.2, 0) is 0 Å². The van der Waals surface area contributed by atoms with Crippen LogP contribution in [0.25, 0.3) is 11.3 Å². The topological polar surface area (TPSA) is 130 Å². The first-order chi connectivity index (χ1) is 18.3. The largest absolute Gasteiger partial charge is 0.484 e. The number of fused-ring (bicyclic) bond motifs is 1. The highest BCUT2D eigenvalue weighted by Crippen LogP contribution is 2.39. The monoisotopic (exact) mass is 574 g/mol. The van der Waals surface area contributed by atoms with Crippen molar-refractivity contribution in [2.75, 3.05) is 10.0 Å². The molecule has 0 aliphatic carbocycles. The van der Waals surface area contributed by atoms with Gasteiger partial charge in [-0.25, -0.2) is 4.99 Å². The molecule has 1 aliphatic heterocycles. The van der Waals surface area contributed by atoms with E-state index in [9.17, 15) is 13.6 Å². The number of hydrogen-bond acceptors (Lipinski definition) is 9. The number of nitrogens with one attached hydrogen (secondary N) is 3. The molecule has 1 atom stereocenters. The number of ether oxygens (including phenoxy) is 1. The zero-order valence-electron chi connectivity index (χ0n) is 19.7. The number of alkyl halides is 2. The van der Waals surface area contributed by atoms with Gasteiger partial charge in [-0.2, -0.15) is 18.0 Å². The van der Waals surface area contributed by atoms with E-state index in [1.54, 1.807) is 55.0 Å². The van der Waals surface area contributed by atoms with Gasteiger partial charge >= 0.3 is 5.76 Å². The number of amides is 1. The summed E-state index contributed by atoms with van der Waals surface area (Å²) in [5, 5.41) is 15.3. The Bertz CT molecular complexity index is 1400. The number of nitrogens with zero attached hydrogens (tertiary/aromatic N) is 3. The van der Waals surface area contributed by atoms with Crippen molar-refractivity contribution in [2.45, 2.75) is 18.8 Å². The zero-order chi connectivity index (χ0) is 27.2. The third-order valence-corrected chi connectivity index (χ3v) is 6.67. The van der Waals surface area contributed by atoms with Crippen LogP contribution in [0.3, 0.4) is 0 Å². The Hall–Kier alpha value is -3.49. The molecule has 2 heterocycles. The van der Waals surface area contributed by atoms with E-state index in [1.165, 1.54) is 22.1 Å². The minimum absolute atomic E-state index is 0.100. The second-order valence-corrected chi connectivity index (χ2v) is 9.74. The minimum atomic E-state index is -2.65. The number of carbonyl (C=O) groups is 1. The van der Waals surface area contributed by atoms with Crippen LogP contribution in [0.2, 0.25) is 5.02 Å². The molecule has 3 aromatic rings. The summed E-state index contributed by atoms with van der Waals surface area (Å²) in [6.07, 6.45) is 1.84. The number of halogens is 3. The van der Waals surface area contributed by atoms with Gasteiger partial charge in [-0.1, -0.05) is 47.6 Å². The van der Waals surface area contributed by atoms with E-state index in [2.05, 4.69) is 20.1 Å².